The van der Waals surface area contributed by atoms with Gasteiger partial charge in [-0.2, -0.15) is 0 Å². The van der Waals surface area contributed by atoms with Gasteiger partial charge in [-0.1, -0.05) is 19.0 Å². The Morgan fingerprint density at radius 1 is 1.58 bits per heavy atom. The maximum atomic E-state index is 11.5. The molecule has 7 heteroatoms. The second-order valence-corrected chi connectivity index (χ2v) is 5.43. The average molecular weight is 270 g/mol. The molecule has 1 aliphatic heterocycles. The number of amides is 2. The predicted octanol–water partition coefficient (Wildman–Crippen LogP) is -0.0660. The summed E-state index contributed by atoms with van der Waals surface area (Å²) < 4.78 is 0. The minimum Gasteiger partial charge on any atom is -0.409 e. The minimum absolute atomic E-state index is 0.202. The summed E-state index contributed by atoms with van der Waals surface area (Å²) >= 11 is 0. The number of carbonyl (C=O) groups is 2. The number of carbonyl (C=O) groups excluding carboxylic acids is 2. The van der Waals surface area contributed by atoms with Gasteiger partial charge in [-0.3, -0.25) is 14.9 Å². The van der Waals surface area contributed by atoms with Gasteiger partial charge in [0.2, 0.25) is 11.8 Å². The smallest absolute Gasteiger partial charge is 0.243 e. The van der Waals surface area contributed by atoms with Crippen molar-refractivity contribution in [3.8, 4) is 0 Å². The number of oxime groups is 1. The molecule has 1 fully saturated rings. The SMILES string of the molecule is CC(C)(CCCNC1CCC(=O)NC1=O)C(N)=NO. The second-order valence-electron chi connectivity index (χ2n) is 5.43. The third-order valence-electron chi connectivity index (χ3n) is 3.41. The van der Waals surface area contributed by atoms with Crippen molar-refractivity contribution in [2.45, 2.75) is 45.6 Å². The lowest BCUT2D eigenvalue weighted by molar-refractivity contribution is -0.134. The van der Waals surface area contributed by atoms with Crippen LogP contribution in [-0.4, -0.2) is 35.4 Å². The molecule has 0 saturated carbocycles. The Kier molecular flexibility index (Phi) is 5.29. The summed E-state index contributed by atoms with van der Waals surface area (Å²) in [6, 6.07) is -0.301. The molecule has 1 heterocycles. The summed E-state index contributed by atoms with van der Waals surface area (Å²) in [5, 5.41) is 17.1. The molecule has 0 aliphatic carbocycles. The fourth-order valence-corrected chi connectivity index (χ4v) is 1.96. The maximum Gasteiger partial charge on any atom is 0.243 e. The largest absolute Gasteiger partial charge is 0.409 e. The first-order chi connectivity index (χ1) is 8.86. The van der Waals surface area contributed by atoms with Gasteiger partial charge >= 0.3 is 0 Å². The molecule has 108 valence electrons. The molecule has 5 N–H and O–H groups in total. The lowest BCUT2D eigenvalue weighted by Gasteiger charge is -2.24. The predicted molar refractivity (Wildman–Crippen MR) is 70.6 cm³/mol. The zero-order valence-corrected chi connectivity index (χ0v) is 11.4. The molecule has 1 saturated heterocycles. The fourth-order valence-electron chi connectivity index (χ4n) is 1.96. The average Bonchev–Trinajstić information content (AvgIpc) is 2.35. The van der Waals surface area contributed by atoms with Crippen LogP contribution in [0.1, 0.15) is 39.5 Å². The number of imide groups is 1. The molecule has 1 aliphatic rings. The molecular formula is C12H22N4O3. The lowest BCUT2D eigenvalue weighted by Crippen LogP contribution is -2.50. The van der Waals surface area contributed by atoms with E-state index < -0.39 is 0 Å². The maximum absolute atomic E-state index is 11.5. The summed E-state index contributed by atoms with van der Waals surface area (Å²) in [5.41, 5.74) is 5.22. The Bertz CT molecular complexity index is 379. The van der Waals surface area contributed by atoms with Crippen LogP contribution in [0.2, 0.25) is 0 Å². The van der Waals surface area contributed by atoms with Crippen LogP contribution in [0.25, 0.3) is 0 Å². The van der Waals surface area contributed by atoms with E-state index in [-0.39, 0.29) is 29.1 Å². The van der Waals surface area contributed by atoms with E-state index in [1.54, 1.807) is 0 Å². The van der Waals surface area contributed by atoms with Crippen molar-refractivity contribution in [1.82, 2.24) is 10.6 Å². The molecule has 0 aromatic heterocycles. The van der Waals surface area contributed by atoms with Crippen molar-refractivity contribution in [3.63, 3.8) is 0 Å². The van der Waals surface area contributed by atoms with Crippen LogP contribution in [0, 0.1) is 5.41 Å². The van der Waals surface area contributed by atoms with Crippen molar-refractivity contribution < 1.29 is 14.8 Å². The number of amidine groups is 1. The number of rotatable bonds is 6. The first kappa shape index (κ1) is 15.4. The summed E-state index contributed by atoms with van der Waals surface area (Å²) in [6.07, 6.45) is 2.44. The molecule has 0 spiro atoms. The molecule has 1 atom stereocenters. The van der Waals surface area contributed by atoms with E-state index >= 15 is 0 Å². The number of nitrogens with two attached hydrogens (primary N) is 1. The molecule has 2 amide bonds. The molecule has 1 unspecified atom stereocenters. The van der Waals surface area contributed by atoms with Gasteiger partial charge in [0.25, 0.3) is 0 Å². The van der Waals surface area contributed by atoms with Crippen molar-refractivity contribution >= 4 is 17.6 Å². The molecular weight excluding hydrogens is 248 g/mol. The van der Waals surface area contributed by atoms with Crippen LogP contribution in [0.3, 0.4) is 0 Å². The Labute approximate surface area is 112 Å². The normalized spacial score (nSPS) is 21.4. The molecule has 0 aromatic carbocycles. The van der Waals surface area contributed by atoms with Crippen LogP contribution in [0.15, 0.2) is 5.16 Å². The van der Waals surface area contributed by atoms with E-state index in [9.17, 15) is 9.59 Å². The number of piperidine rings is 1. The van der Waals surface area contributed by atoms with Crippen molar-refractivity contribution in [1.29, 1.82) is 0 Å². The third kappa shape index (κ3) is 4.51. The third-order valence-corrected chi connectivity index (χ3v) is 3.41. The molecule has 0 radical (unpaired) electrons. The zero-order valence-electron chi connectivity index (χ0n) is 11.4. The van der Waals surface area contributed by atoms with Gasteiger partial charge in [0.15, 0.2) is 0 Å². The number of hydrogen-bond donors (Lipinski definition) is 4. The van der Waals surface area contributed by atoms with Gasteiger partial charge in [0.1, 0.15) is 5.84 Å². The Morgan fingerprint density at radius 2 is 2.26 bits per heavy atom. The lowest BCUT2D eigenvalue weighted by atomic mass is 9.86. The van der Waals surface area contributed by atoms with E-state index in [0.717, 1.165) is 12.8 Å². The highest BCUT2D eigenvalue weighted by molar-refractivity contribution is 6.00. The number of nitrogens with zero attached hydrogens (tertiary/aromatic N) is 1. The number of hydrogen-bond acceptors (Lipinski definition) is 5. The summed E-state index contributed by atoms with van der Waals surface area (Å²) in [6.45, 7) is 4.44. The Balaban J connectivity index is 2.28. The minimum atomic E-state index is -0.374. The first-order valence-corrected chi connectivity index (χ1v) is 6.42. The Hall–Kier alpha value is -1.63. The Morgan fingerprint density at radius 3 is 2.84 bits per heavy atom. The van der Waals surface area contributed by atoms with E-state index in [2.05, 4.69) is 15.8 Å². The van der Waals surface area contributed by atoms with Crippen LogP contribution >= 0.6 is 0 Å². The van der Waals surface area contributed by atoms with Gasteiger partial charge < -0.3 is 16.3 Å². The highest BCUT2D eigenvalue weighted by Crippen LogP contribution is 2.22. The van der Waals surface area contributed by atoms with Crippen LogP contribution in [0.4, 0.5) is 0 Å². The van der Waals surface area contributed by atoms with Crippen LogP contribution in [0.5, 0.6) is 0 Å². The number of nitrogens with one attached hydrogen (secondary N) is 2. The first-order valence-electron chi connectivity index (χ1n) is 6.42. The van der Waals surface area contributed by atoms with Gasteiger partial charge in [-0.15, -0.1) is 0 Å². The topological polar surface area (TPSA) is 117 Å². The van der Waals surface area contributed by atoms with Crippen molar-refractivity contribution in [2.75, 3.05) is 6.54 Å². The van der Waals surface area contributed by atoms with Crippen molar-refractivity contribution in [3.05, 3.63) is 0 Å². The fraction of sp³-hybridized carbons (Fsp3) is 0.750. The van der Waals surface area contributed by atoms with Gasteiger partial charge in [0.05, 0.1) is 6.04 Å². The van der Waals surface area contributed by atoms with Crippen molar-refractivity contribution in [2.24, 2.45) is 16.3 Å². The quantitative estimate of drug-likeness (QED) is 0.135. The van der Waals surface area contributed by atoms with E-state index in [1.165, 1.54) is 0 Å². The van der Waals surface area contributed by atoms with E-state index in [0.29, 0.717) is 19.4 Å². The highest BCUT2D eigenvalue weighted by Gasteiger charge is 2.26. The van der Waals surface area contributed by atoms with Crippen LogP contribution < -0.4 is 16.4 Å². The van der Waals surface area contributed by atoms with E-state index in [4.69, 9.17) is 10.9 Å². The summed E-state index contributed by atoms with van der Waals surface area (Å²) in [4.78, 5) is 22.5. The van der Waals surface area contributed by atoms with Crippen LogP contribution in [-0.2, 0) is 9.59 Å². The summed E-state index contributed by atoms with van der Waals surface area (Å²) in [5.74, 6) is -0.267. The molecule has 7 nitrogen and oxygen atoms in total. The zero-order chi connectivity index (χ0) is 14.5. The van der Waals surface area contributed by atoms with Gasteiger partial charge in [-0.25, -0.2) is 0 Å². The monoisotopic (exact) mass is 270 g/mol. The second kappa shape index (κ2) is 6.51. The molecule has 0 aromatic rings. The highest BCUT2D eigenvalue weighted by atomic mass is 16.4. The standard InChI is InChI=1S/C12H22N4O3/c1-12(2,11(13)16-19)6-3-7-14-8-4-5-9(17)15-10(8)18/h8,14,19H,3-7H2,1-2H3,(H2,13,16)(H,15,17,18). The summed E-state index contributed by atoms with van der Waals surface area (Å²) in [7, 11) is 0. The molecule has 19 heavy (non-hydrogen) atoms. The molecule has 0 bridgehead atoms. The van der Waals surface area contributed by atoms with Gasteiger partial charge in [0, 0.05) is 11.8 Å². The van der Waals surface area contributed by atoms with E-state index in [1.807, 2.05) is 13.8 Å². The van der Waals surface area contributed by atoms with Gasteiger partial charge in [-0.05, 0) is 25.8 Å². The molecule has 1 rings (SSSR count).